The minimum Gasteiger partial charge on any atom is -0.539 e. The minimum absolute atomic E-state index is 0.859. The van der Waals surface area contributed by atoms with Crippen LogP contribution in [0.4, 0.5) is 0 Å². The molecule has 0 amide bonds. The normalized spacial score (nSPS) is 11.5. The molecule has 0 atom stereocenters. The Morgan fingerprint density at radius 1 is 0.769 bits per heavy atom. The summed E-state index contributed by atoms with van der Waals surface area (Å²) in [5.74, 6) is 1.73. The van der Waals surface area contributed by atoms with E-state index in [9.17, 15) is 0 Å². The van der Waals surface area contributed by atoms with E-state index in [-0.39, 0.29) is 0 Å². The first-order chi connectivity index (χ1) is 12.1. The summed E-state index contributed by atoms with van der Waals surface area (Å²) >= 11 is 0. The zero-order valence-corrected chi connectivity index (χ0v) is 19.0. The van der Waals surface area contributed by atoms with E-state index in [0.717, 1.165) is 17.1 Å². The summed E-state index contributed by atoms with van der Waals surface area (Å²) < 4.78 is 11.7. The van der Waals surface area contributed by atoms with Crippen LogP contribution in [0, 0.1) is 0 Å². The fraction of sp³-hybridized carbons (Fsp3) is 0.318. The lowest BCUT2D eigenvalue weighted by Crippen LogP contribution is -2.25. The van der Waals surface area contributed by atoms with Gasteiger partial charge in [-0.15, -0.1) is 0 Å². The number of hydrogen-bond donors (Lipinski definition) is 0. The van der Waals surface area contributed by atoms with Crippen molar-refractivity contribution in [2.45, 2.75) is 39.3 Å². The summed E-state index contributed by atoms with van der Waals surface area (Å²) in [6.45, 7) is 13.7. The Labute approximate surface area is 160 Å². The topological polar surface area (TPSA) is 18.5 Å². The Morgan fingerprint density at radius 3 is 1.81 bits per heavy atom. The van der Waals surface area contributed by atoms with Gasteiger partial charge in [-0.3, -0.25) is 0 Å². The molecular weight excluding hydrogens is 352 g/mol. The van der Waals surface area contributed by atoms with Crippen LogP contribution in [0.5, 0.6) is 5.75 Å². The Kier molecular flexibility index (Phi) is 6.35. The summed E-state index contributed by atoms with van der Waals surface area (Å²) in [6, 6.07) is 18.6. The molecule has 0 aromatic heterocycles. The lowest BCUT2D eigenvalue weighted by molar-refractivity contribution is 0.415. The third-order valence-corrected chi connectivity index (χ3v) is 6.54. The molecule has 0 aliphatic carbocycles. The predicted octanol–water partition coefficient (Wildman–Crippen LogP) is 6.45. The van der Waals surface area contributed by atoms with Crippen molar-refractivity contribution in [1.29, 1.82) is 0 Å². The van der Waals surface area contributed by atoms with Crippen LogP contribution in [0.25, 0.3) is 11.0 Å². The predicted molar refractivity (Wildman–Crippen MR) is 118 cm³/mol. The molecule has 2 aromatic carbocycles. The van der Waals surface area contributed by atoms with Crippen molar-refractivity contribution in [3.63, 3.8) is 0 Å². The van der Waals surface area contributed by atoms with E-state index in [1.54, 1.807) is 7.11 Å². The molecule has 0 fully saturated rings. The van der Waals surface area contributed by atoms with Gasteiger partial charge in [0, 0.05) is 5.56 Å². The molecule has 0 aliphatic heterocycles. The molecule has 4 heteroatoms. The SMILES string of the molecule is COc1ccc(C(=C=C(O[Si](C)(C)C)c2ccccc2)[Si](C)(C)C)cc1. The Morgan fingerprint density at radius 2 is 1.35 bits per heavy atom. The van der Waals surface area contributed by atoms with Crippen LogP contribution in [-0.4, -0.2) is 23.5 Å². The van der Waals surface area contributed by atoms with Crippen molar-refractivity contribution in [2.75, 3.05) is 7.11 Å². The van der Waals surface area contributed by atoms with Crippen LogP contribution in [-0.2, 0) is 4.43 Å². The first-order valence-corrected chi connectivity index (χ1v) is 15.9. The summed E-state index contributed by atoms with van der Waals surface area (Å²) in [4.78, 5) is 0. The molecule has 138 valence electrons. The van der Waals surface area contributed by atoms with Crippen LogP contribution >= 0.6 is 0 Å². The fourth-order valence-electron chi connectivity index (χ4n) is 2.62. The van der Waals surface area contributed by atoms with E-state index in [1.807, 2.05) is 30.3 Å². The summed E-state index contributed by atoms with van der Waals surface area (Å²) in [6.07, 6.45) is 0. The maximum absolute atomic E-state index is 6.44. The van der Waals surface area contributed by atoms with Crippen LogP contribution in [0.3, 0.4) is 0 Å². The molecule has 2 nitrogen and oxygen atoms in total. The van der Waals surface area contributed by atoms with Crippen LogP contribution in [0.1, 0.15) is 11.1 Å². The molecule has 26 heavy (non-hydrogen) atoms. The van der Waals surface area contributed by atoms with E-state index in [0.29, 0.717) is 0 Å². The van der Waals surface area contributed by atoms with Crippen molar-refractivity contribution >= 4 is 27.3 Å². The number of methoxy groups -OCH3 is 1. The lowest BCUT2D eigenvalue weighted by atomic mass is 10.1. The highest BCUT2D eigenvalue weighted by molar-refractivity contribution is 6.93. The van der Waals surface area contributed by atoms with Gasteiger partial charge in [0.2, 0.25) is 8.32 Å². The Balaban J connectivity index is 2.71. The zero-order valence-electron chi connectivity index (χ0n) is 17.0. The first-order valence-electron chi connectivity index (χ1n) is 9.00. The maximum Gasteiger partial charge on any atom is 0.243 e. The van der Waals surface area contributed by atoms with Gasteiger partial charge in [0.15, 0.2) is 5.76 Å². The number of benzene rings is 2. The van der Waals surface area contributed by atoms with Crippen molar-refractivity contribution in [3.8, 4) is 5.75 Å². The average Bonchev–Trinajstić information content (AvgIpc) is 2.57. The smallest absolute Gasteiger partial charge is 0.243 e. The second kappa shape index (κ2) is 8.13. The summed E-state index contributed by atoms with van der Waals surface area (Å²) in [7, 11) is -1.71. The van der Waals surface area contributed by atoms with Gasteiger partial charge in [0.05, 0.1) is 15.2 Å². The summed E-state index contributed by atoms with van der Waals surface area (Å²) in [5.41, 5.74) is 5.96. The highest BCUT2D eigenvalue weighted by atomic mass is 28.4. The van der Waals surface area contributed by atoms with Gasteiger partial charge in [-0.1, -0.05) is 67.8 Å². The highest BCUT2D eigenvalue weighted by Gasteiger charge is 2.24. The van der Waals surface area contributed by atoms with Crippen LogP contribution in [0.2, 0.25) is 39.3 Å². The van der Waals surface area contributed by atoms with Crippen molar-refractivity contribution in [3.05, 3.63) is 71.5 Å². The highest BCUT2D eigenvalue weighted by Crippen LogP contribution is 2.29. The van der Waals surface area contributed by atoms with Gasteiger partial charge in [0.1, 0.15) is 5.75 Å². The second-order valence-electron chi connectivity index (χ2n) is 8.39. The largest absolute Gasteiger partial charge is 0.539 e. The Bertz CT molecular complexity index is 789. The van der Waals surface area contributed by atoms with E-state index in [2.05, 4.69) is 69.3 Å². The summed E-state index contributed by atoms with van der Waals surface area (Å²) in [5, 5.41) is 1.26. The van der Waals surface area contributed by atoms with Crippen LogP contribution < -0.4 is 4.74 Å². The molecule has 0 spiro atoms. The quantitative estimate of drug-likeness (QED) is 0.325. The van der Waals surface area contributed by atoms with Gasteiger partial charge in [-0.25, -0.2) is 0 Å². The first kappa shape index (κ1) is 20.3. The minimum atomic E-state index is -1.76. The van der Waals surface area contributed by atoms with E-state index < -0.39 is 16.4 Å². The molecular formula is C22H30O2Si2. The van der Waals surface area contributed by atoms with E-state index >= 15 is 0 Å². The zero-order chi connectivity index (χ0) is 19.4. The van der Waals surface area contributed by atoms with Gasteiger partial charge in [-0.2, -0.15) is 0 Å². The van der Waals surface area contributed by atoms with Gasteiger partial charge in [-0.05, 0) is 42.5 Å². The number of ether oxygens (including phenoxy) is 1. The molecule has 0 unspecified atom stereocenters. The lowest BCUT2D eigenvalue weighted by Gasteiger charge is -2.23. The van der Waals surface area contributed by atoms with Gasteiger partial charge in [0.25, 0.3) is 0 Å². The third-order valence-electron chi connectivity index (χ3n) is 3.81. The third kappa shape index (κ3) is 5.77. The van der Waals surface area contributed by atoms with Crippen molar-refractivity contribution < 1.29 is 9.16 Å². The molecule has 0 N–H and O–H groups in total. The standard InChI is InChI=1S/C22H30O2Si2/c1-23-20-15-13-19(14-16-20)22(25(2,3)4)17-21(24-26(5,6)7)18-11-9-8-10-12-18/h8-16H,1-7H3. The molecule has 0 saturated heterocycles. The molecule has 2 rings (SSSR count). The molecule has 0 saturated carbocycles. The van der Waals surface area contributed by atoms with Gasteiger partial charge < -0.3 is 9.16 Å². The molecule has 0 radical (unpaired) electrons. The van der Waals surface area contributed by atoms with Crippen molar-refractivity contribution in [1.82, 2.24) is 0 Å². The van der Waals surface area contributed by atoms with Gasteiger partial charge >= 0.3 is 0 Å². The number of hydrogen-bond acceptors (Lipinski definition) is 2. The van der Waals surface area contributed by atoms with Crippen LogP contribution in [0.15, 0.2) is 60.3 Å². The second-order valence-corrected chi connectivity index (χ2v) is 17.8. The molecule has 0 heterocycles. The molecule has 2 aromatic rings. The fourth-order valence-corrected chi connectivity index (χ4v) is 4.92. The molecule has 0 bridgehead atoms. The molecule has 0 aliphatic rings. The van der Waals surface area contributed by atoms with E-state index in [4.69, 9.17) is 9.16 Å². The van der Waals surface area contributed by atoms with E-state index in [1.165, 1.54) is 10.8 Å². The van der Waals surface area contributed by atoms with Crippen molar-refractivity contribution in [2.24, 2.45) is 0 Å². The monoisotopic (exact) mass is 382 g/mol. The number of rotatable bonds is 6. The average molecular weight is 383 g/mol. The Hall–Kier alpha value is -2.01. The maximum atomic E-state index is 6.44.